The van der Waals surface area contributed by atoms with E-state index in [4.69, 9.17) is 0 Å². The van der Waals surface area contributed by atoms with Crippen molar-refractivity contribution in [3.05, 3.63) is 35.0 Å². The zero-order valence-corrected chi connectivity index (χ0v) is 10.7. The molecule has 1 aromatic heterocycles. The fourth-order valence-corrected chi connectivity index (χ4v) is 3.82. The van der Waals surface area contributed by atoms with Crippen LogP contribution in [-0.4, -0.2) is 13.1 Å². The third-order valence-electron chi connectivity index (χ3n) is 3.76. The van der Waals surface area contributed by atoms with Crippen molar-refractivity contribution >= 4 is 21.4 Å². The minimum absolute atomic E-state index is 0.0290. The highest BCUT2D eigenvalue weighted by Gasteiger charge is 2.27. The Labute approximate surface area is 105 Å². The summed E-state index contributed by atoms with van der Waals surface area (Å²) in [5, 5.41) is 6.61. The lowest BCUT2D eigenvalue weighted by Crippen LogP contribution is -2.34. The molecule has 1 aliphatic rings. The molecular formula is C14H16FNS. The molecule has 1 saturated heterocycles. The van der Waals surface area contributed by atoms with Gasteiger partial charge in [-0.3, -0.25) is 0 Å². The number of halogens is 1. The molecule has 1 aliphatic heterocycles. The molecule has 2 heterocycles. The van der Waals surface area contributed by atoms with Gasteiger partial charge in [-0.25, -0.2) is 4.39 Å². The second-order valence-electron chi connectivity index (χ2n) is 4.88. The molecule has 17 heavy (non-hydrogen) atoms. The van der Waals surface area contributed by atoms with Crippen LogP contribution in [-0.2, 0) is 0 Å². The zero-order chi connectivity index (χ0) is 11.8. The second kappa shape index (κ2) is 4.39. The van der Waals surface area contributed by atoms with Crippen molar-refractivity contribution in [3.63, 3.8) is 0 Å². The van der Waals surface area contributed by atoms with E-state index in [1.165, 1.54) is 5.39 Å². The molecular weight excluding hydrogens is 233 g/mol. The Morgan fingerprint density at radius 1 is 1.35 bits per heavy atom. The predicted octanol–water partition coefficient (Wildman–Crippen LogP) is 3.75. The number of thiophene rings is 1. The number of hydrogen-bond acceptors (Lipinski definition) is 2. The van der Waals surface area contributed by atoms with Gasteiger partial charge in [0.2, 0.25) is 0 Å². The van der Waals surface area contributed by atoms with Crippen molar-refractivity contribution in [2.75, 3.05) is 13.1 Å². The van der Waals surface area contributed by atoms with Crippen molar-refractivity contribution in [2.24, 2.45) is 5.92 Å². The molecule has 0 bridgehead atoms. The van der Waals surface area contributed by atoms with Crippen molar-refractivity contribution in [3.8, 4) is 0 Å². The summed E-state index contributed by atoms with van der Waals surface area (Å²) >= 11 is 1.66. The quantitative estimate of drug-likeness (QED) is 0.811. The SMILES string of the molecule is C[C@@H]1CNCC[C@@H]1c1c(F)ccc2ccsc12. The van der Waals surface area contributed by atoms with Gasteiger partial charge >= 0.3 is 0 Å². The van der Waals surface area contributed by atoms with E-state index in [1.807, 2.05) is 6.07 Å². The van der Waals surface area contributed by atoms with Gasteiger partial charge < -0.3 is 5.32 Å². The Balaban J connectivity index is 2.14. The number of nitrogens with one attached hydrogen (secondary N) is 1. The van der Waals surface area contributed by atoms with Crippen LogP contribution in [0.15, 0.2) is 23.6 Å². The molecule has 0 aliphatic carbocycles. The fourth-order valence-electron chi connectivity index (χ4n) is 2.82. The van der Waals surface area contributed by atoms with Crippen LogP contribution in [0.5, 0.6) is 0 Å². The lowest BCUT2D eigenvalue weighted by molar-refractivity contribution is 0.344. The summed E-state index contributed by atoms with van der Waals surface area (Å²) in [4.78, 5) is 0. The summed E-state index contributed by atoms with van der Waals surface area (Å²) < 4.78 is 15.3. The van der Waals surface area contributed by atoms with E-state index in [0.29, 0.717) is 11.8 Å². The van der Waals surface area contributed by atoms with Gasteiger partial charge in [-0.1, -0.05) is 13.0 Å². The van der Waals surface area contributed by atoms with Crippen molar-refractivity contribution in [1.29, 1.82) is 0 Å². The minimum Gasteiger partial charge on any atom is -0.316 e. The van der Waals surface area contributed by atoms with Crippen LogP contribution < -0.4 is 5.32 Å². The van der Waals surface area contributed by atoms with E-state index in [2.05, 4.69) is 23.7 Å². The Morgan fingerprint density at radius 2 is 2.24 bits per heavy atom. The van der Waals surface area contributed by atoms with Gasteiger partial charge in [-0.2, -0.15) is 0 Å². The number of piperidine rings is 1. The lowest BCUT2D eigenvalue weighted by atomic mass is 9.82. The van der Waals surface area contributed by atoms with Crippen LogP contribution in [0.1, 0.15) is 24.8 Å². The van der Waals surface area contributed by atoms with Gasteiger partial charge in [0.15, 0.2) is 0 Å². The van der Waals surface area contributed by atoms with Crippen LogP contribution in [0.4, 0.5) is 4.39 Å². The monoisotopic (exact) mass is 249 g/mol. The summed E-state index contributed by atoms with van der Waals surface area (Å²) in [6, 6.07) is 5.59. The van der Waals surface area contributed by atoms with Crippen LogP contribution in [0.3, 0.4) is 0 Å². The van der Waals surface area contributed by atoms with Crippen LogP contribution >= 0.6 is 11.3 Å². The highest BCUT2D eigenvalue weighted by Crippen LogP contribution is 2.38. The van der Waals surface area contributed by atoms with Gasteiger partial charge in [-0.05, 0) is 54.2 Å². The summed E-state index contributed by atoms with van der Waals surface area (Å²) in [7, 11) is 0. The third kappa shape index (κ3) is 1.87. The zero-order valence-electron chi connectivity index (χ0n) is 9.87. The summed E-state index contributed by atoms with van der Waals surface area (Å²) in [5.74, 6) is 0.836. The first-order valence-electron chi connectivity index (χ1n) is 6.13. The fraction of sp³-hybridized carbons (Fsp3) is 0.429. The normalized spacial score (nSPS) is 25.3. The minimum atomic E-state index is -0.0290. The first-order valence-corrected chi connectivity index (χ1v) is 7.01. The van der Waals surface area contributed by atoms with E-state index in [9.17, 15) is 4.39 Å². The molecule has 1 nitrogen and oxygen atoms in total. The average Bonchev–Trinajstić information content (AvgIpc) is 2.79. The standard InChI is InChI=1S/C14H16FNS/c1-9-8-16-6-4-11(9)13-12(15)3-2-10-5-7-17-14(10)13/h2-3,5,7,9,11,16H,4,6,8H2,1H3/t9-,11+/m1/s1. The molecule has 3 heteroatoms. The van der Waals surface area contributed by atoms with E-state index in [1.54, 1.807) is 17.4 Å². The van der Waals surface area contributed by atoms with Crippen LogP contribution in [0, 0.1) is 11.7 Å². The maximum absolute atomic E-state index is 14.1. The molecule has 2 aromatic rings. The topological polar surface area (TPSA) is 12.0 Å². The molecule has 1 aromatic carbocycles. The van der Waals surface area contributed by atoms with Crippen LogP contribution in [0.2, 0.25) is 0 Å². The lowest BCUT2D eigenvalue weighted by Gasteiger charge is -2.30. The molecule has 0 saturated carbocycles. The molecule has 2 atom stereocenters. The molecule has 0 amide bonds. The van der Waals surface area contributed by atoms with E-state index in [0.717, 1.165) is 29.8 Å². The molecule has 3 rings (SSSR count). The van der Waals surface area contributed by atoms with Gasteiger partial charge in [0.25, 0.3) is 0 Å². The number of benzene rings is 1. The second-order valence-corrected chi connectivity index (χ2v) is 5.79. The Morgan fingerprint density at radius 3 is 3.06 bits per heavy atom. The average molecular weight is 249 g/mol. The van der Waals surface area contributed by atoms with E-state index in [-0.39, 0.29) is 5.82 Å². The maximum atomic E-state index is 14.1. The maximum Gasteiger partial charge on any atom is 0.128 e. The van der Waals surface area contributed by atoms with Crippen LogP contribution in [0.25, 0.3) is 10.1 Å². The van der Waals surface area contributed by atoms with Gasteiger partial charge in [-0.15, -0.1) is 11.3 Å². The third-order valence-corrected chi connectivity index (χ3v) is 4.73. The smallest absolute Gasteiger partial charge is 0.128 e. The van der Waals surface area contributed by atoms with Crippen molar-refractivity contribution in [2.45, 2.75) is 19.3 Å². The first-order chi connectivity index (χ1) is 8.27. The Bertz CT molecular complexity index is 534. The summed E-state index contributed by atoms with van der Waals surface area (Å²) in [6.45, 7) is 4.20. The highest BCUT2D eigenvalue weighted by atomic mass is 32.1. The van der Waals surface area contributed by atoms with Gasteiger partial charge in [0.05, 0.1) is 0 Å². The first kappa shape index (κ1) is 11.2. The summed E-state index contributed by atoms with van der Waals surface area (Å²) in [5.41, 5.74) is 0.950. The predicted molar refractivity (Wildman–Crippen MR) is 71.2 cm³/mol. The number of hydrogen-bond donors (Lipinski definition) is 1. The summed E-state index contributed by atoms with van der Waals surface area (Å²) in [6.07, 6.45) is 1.04. The number of fused-ring (bicyclic) bond motifs is 1. The largest absolute Gasteiger partial charge is 0.316 e. The molecule has 0 radical (unpaired) electrons. The molecule has 0 unspecified atom stereocenters. The molecule has 1 N–H and O–H groups in total. The van der Waals surface area contributed by atoms with E-state index >= 15 is 0 Å². The van der Waals surface area contributed by atoms with Crippen molar-refractivity contribution < 1.29 is 4.39 Å². The molecule has 0 spiro atoms. The van der Waals surface area contributed by atoms with Crippen molar-refractivity contribution in [1.82, 2.24) is 5.32 Å². The molecule has 90 valence electrons. The molecule has 1 fully saturated rings. The van der Waals surface area contributed by atoms with E-state index < -0.39 is 0 Å². The highest BCUT2D eigenvalue weighted by molar-refractivity contribution is 7.17. The Hall–Kier alpha value is -0.930. The number of rotatable bonds is 1. The van der Waals surface area contributed by atoms with Gasteiger partial charge in [0.1, 0.15) is 5.82 Å². The van der Waals surface area contributed by atoms with Gasteiger partial charge in [0, 0.05) is 10.3 Å². The Kier molecular flexibility index (Phi) is 2.89.